The van der Waals surface area contributed by atoms with Gasteiger partial charge in [-0.3, -0.25) is 4.79 Å². The number of aryl methyl sites for hydroxylation is 2. The van der Waals surface area contributed by atoms with Crippen LogP contribution in [0.25, 0.3) is 11.2 Å². The number of hydrogen-bond acceptors (Lipinski definition) is 7. The minimum Gasteiger partial charge on any atom is -0.422 e. The number of pyridine rings is 1. The summed E-state index contributed by atoms with van der Waals surface area (Å²) >= 11 is 0. The number of rotatable bonds is 6. The van der Waals surface area contributed by atoms with Crippen LogP contribution >= 0.6 is 0 Å². The molecule has 1 fully saturated rings. The van der Waals surface area contributed by atoms with E-state index in [0.717, 1.165) is 44.0 Å². The highest BCUT2D eigenvalue weighted by atomic mass is 16.4. The molecule has 1 amide bonds. The van der Waals surface area contributed by atoms with Gasteiger partial charge in [0.1, 0.15) is 12.2 Å². The second-order valence-corrected chi connectivity index (χ2v) is 7.11. The van der Waals surface area contributed by atoms with Gasteiger partial charge in [-0.1, -0.05) is 0 Å². The smallest absolute Gasteiger partial charge is 0.299 e. The van der Waals surface area contributed by atoms with Crippen molar-refractivity contribution in [1.82, 2.24) is 30.0 Å². The van der Waals surface area contributed by atoms with Crippen LogP contribution in [0, 0.1) is 12.8 Å². The van der Waals surface area contributed by atoms with Crippen molar-refractivity contribution in [3.05, 3.63) is 30.0 Å². The molecule has 28 heavy (non-hydrogen) atoms. The van der Waals surface area contributed by atoms with Crippen LogP contribution in [-0.2, 0) is 17.8 Å². The average Bonchev–Trinajstić information content (AvgIpc) is 3.34. The van der Waals surface area contributed by atoms with Gasteiger partial charge in [-0.05, 0) is 38.8 Å². The second-order valence-electron chi connectivity index (χ2n) is 7.11. The van der Waals surface area contributed by atoms with Gasteiger partial charge in [0.2, 0.25) is 11.6 Å². The SMILES string of the molecule is CCn1cnnc1CCNC(=O)C1CCN(c2nc3nc(C)ccc3o2)CC1. The van der Waals surface area contributed by atoms with Crippen LogP contribution in [0.5, 0.6) is 0 Å². The van der Waals surface area contributed by atoms with E-state index in [4.69, 9.17) is 4.42 Å². The molecule has 0 unspecified atom stereocenters. The van der Waals surface area contributed by atoms with Crippen molar-refractivity contribution in [3.63, 3.8) is 0 Å². The molecule has 0 radical (unpaired) electrons. The van der Waals surface area contributed by atoms with Crippen molar-refractivity contribution >= 4 is 23.2 Å². The molecule has 0 bridgehead atoms. The number of amides is 1. The molecular formula is C19H25N7O2. The first-order valence-electron chi connectivity index (χ1n) is 9.77. The van der Waals surface area contributed by atoms with E-state index < -0.39 is 0 Å². The Morgan fingerprint density at radius 3 is 2.89 bits per heavy atom. The lowest BCUT2D eigenvalue weighted by atomic mass is 9.96. The number of fused-ring (bicyclic) bond motifs is 1. The Morgan fingerprint density at radius 1 is 1.29 bits per heavy atom. The van der Waals surface area contributed by atoms with E-state index in [1.165, 1.54) is 0 Å². The Kier molecular flexibility index (Phi) is 5.23. The van der Waals surface area contributed by atoms with Gasteiger partial charge < -0.3 is 19.2 Å². The molecule has 1 aliphatic rings. The van der Waals surface area contributed by atoms with Crippen molar-refractivity contribution in [2.75, 3.05) is 24.5 Å². The average molecular weight is 383 g/mol. The van der Waals surface area contributed by atoms with Gasteiger partial charge in [-0.2, -0.15) is 4.98 Å². The van der Waals surface area contributed by atoms with E-state index in [-0.39, 0.29) is 11.8 Å². The highest BCUT2D eigenvalue weighted by molar-refractivity contribution is 5.79. The highest BCUT2D eigenvalue weighted by Gasteiger charge is 2.27. The summed E-state index contributed by atoms with van der Waals surface area (Å²) in [5.74, 6) is 1.03. The summed E-state index contributed by atoms with van der Waals surface area (Å²) in [6.07, 6.45) is 3.97. The normalized spacial score (nSPS) is 15.3. The summed E-state index contributed by atoms with van der Waals surface area (Å²) in [6, 6.07) is 4.40. The summed E-state index contributed by atoms with van der Waals surface area (Å²) in [4.78, 5) is 23.5. The molecule has 4 heterocycles. The van der Waals surface area contributed by atoms with Crippen molar-refractivity contribution in [3.8, 4) is 0 Å². The molecule has 1 saturated heterocycles. The molecule has 3 aromatic rings. The molecule has 9 heteroatoms. The van der Waals surface area contributed by atoms with E-state index in [2.05, 4.69) is 30.4 Å². The number of carbonyl (C=O) groups is 1. The lowest BCUT2D eigenvalue weighted by molar-refractivity contribution is -0.125. The molecule has 0 aliphatic carbocycles. The van der Waals surface area contributed by atoms with Crippen LogP contribution in [0.4, 0.5) is 6.01 Å². The van der Waals surface area contributed by atoms with E-state index in [1.54, 1.807) is 6.33 Å². The Bertz CT molecular complexity index is 956. The Hall–Kier alpha value is -2.97. The summed E-state index contributed by atoms with van der Waals surface area (Å²) in [5.41, 5.74) is 2.25. The molecule has 1 aliphatic heterocycles. The largest absolute Gasteiger partial charge is 0.422 e. The van der Waals surface area contributed by atoms with Gasteiger partial charge in [0, 0.05) is 44.2 Å². The van der Waals surface area contributed by atoms with E-state index in [0.29, 0.717) is 30.2 Å². The predicted octanol–water partition coefficient (Wildman–Crippen LogP) is 1.72. The number of oxazole rings is 1. The van der Waals surface area contributed by atoms with E-state index in [1.807, 2.05) is 30.5 Å². The topological polar surface area (TPSA) is 102 Å². The van der Waals surface area contributed by atoms with E-state index in [9.17, 15) is 4.79 Å². The zero-order chi connectivity index (χ0) is 19.5. The molecule has 3 aromatic heterocycles. The summed E-state index contributed by atoms with van der Waals surface area (Å²) in [5, 5.41) is 11.0. The van der Waals surface area contributed by atoms with E-state index >= 15 is 0 Å². The zero-order valence-corrected chi connectivity index (χ0v) is 16.3. The molecule has 0 aromatic carbocycles. The number of anilines is 1. The lowest BCUT2D eigenvalue weighted by Crippen LogP contribution is -2.41. The molecular weight excluding hydrogens is 358 g/mol. The van der Waals surface area contributed by atoms with Crippen molar-refractivity contribution in [2.45, 2.75) is 39.7 Å². The molecule has 4 rings (SSSR count). The van der Waals surface area contributed by atoms with Crippen molar-refractivity contribution in [2.24, 2.45) is 5.92 Å². The Balaban J connectivity index is 1.27. The molecule has 0 spiro atoms. The van der Waals surface area contributed by atoms with Crippen molar-refractivity contribution in [1.29, 1.82) is 0 Å². The number of nitrogens with zero attached hydrogens (tertiary/aromatic N) is 6. The predicted molar refractivity (Wildman–Crippen MR) is 104 cm³/mol. The number of carbonyl (C=O) groups excluding carboxylic acids is 1. The van der Waals surface area contributed by atoms with Gasteiger partial charge in [0.25, 0.3) is 6.01 Å². The maximum atomic E-state index is 12.5. The number of hydrogen-bond donors (Lipinski definition) is 1. The van der Waals surface area contributed by atoms with Gasteiger partial charge in [0.15, 0.2) is 5.58 Å². The first kappa shape index (κ1) is 18.4. The first-order chi connectivity index (χ1) is 13.6. The number of piperidine rings is 1. The third kappa shape index (κ3) is 3.83. The maximum absolute atomic E-state index is 12.5. The third-order valence-corrected chi connectivity index (χ3v) is 5.20. The van der Waals surface area contributed by atoms with Crippen LogP contribution in [0.15, 0.2) is 22.9 Å². The van der Waals surface area contributed by atoms with Gasteiger partial charge in [-0.25, -0.2) is 4.98 Å². The fourth-order valence-electron chi connectivity index (χ4n) is 3.55. The van der Waals surface area contributed by atoms with Gasteiger partial charge >= 0.3 is 0 Å². The van der Waals surface area contributed by atoms with Gasteiger partial charge in [-0.15, -0.1) is 10.2 Å². The minimum atomic E-state index is 0.0186. The highest BCUT2D eigenvalue weighted by Crippen LogP contribution is 2.26. The monoisotopic (exact) mass is 383 g/mol. The third-order valence-electron chi connectivity index (χ3n) is 5.20. The first-order valence-corrected chi connectivity index (χ1v) is 9.77. The second kappa shape index (κ2) is 7.95. The Morgan fingerprint density at radius 2 is 2.11 bits per heavy atom. The molecule has 1 N–H and O–H groups in total. The van der Waals surface area contributed by atoms with Crippen molar-refractivity contribution < 1.29 is 9.21 Å². The fraction of sp³-hybridized carbons (Fsp3) is 0.526. The summed E-state index contributed by atoms with van der Waals surface area (Å²) in [6.45, 7) is 6.88. The fourth-order valence-corrected chi connectivity index (χ4v) is 3.55. The van der Waals surface area contributed by atoms with Crippen LogP contribution < -0.4 is 10.2 Å². The molecule has 9 nitrogen and oxygen atoms in total. The number of aromatic nitrogens is 5. The molecule has 0 saturated carbocycles. The summed E-state index contributed by atoms with van der Waals surface area (Å²) < 4.78 is 7.81. The van der Waals surface area contributed by atoms with Crippen LogP contribution in [0.2, 0.25) is 0 Å². The van der Waals surface area contributed by atoms with Gasteiger partial charge in [0.05, 0.1) is 0 Å². The maximum Gasteiger partial charge on any atom is 0.299 e. The zero-order valence-electron chi connectivity index (χ0n) is 16.3. The number of nitrogens with one attached hydrogen (secondary N) is 1. The quantitative estimate of drug-likeness (QED) is 0.691. The summed E-state index contributed by atoms with van der Waals surface area (Å²) in [7, 11) is 0. The minimum absolute atomic E-state index is 0.0186. The Labute approximate surface area is 163 Å². The van der Waals surface area contributed by atoms with Crippen LogP contribution in [0.3, 0.4) is 0 Å². The molecule has 148 valence electrons. The standard InChI is InChI=1S/C19H25N7O2/c1-3-25-12-21-24-16(25)6-9-20-18(27)14-7-10-26(11-8-14)19-23-17-15(28-19)5-4-13(2)22-17/h4-5,12,14H,3,6-11H2,1-2H3,(H,20,27). The molecule has 0 atom stereocenters. The van der Waals surface area contributed by atoms with Crippen LogP contribution in [0.1, 0.15) is 31.3 Å². The van der Waals surface area contributed by atoms with Crippen LogP contribution in [-0.4, -0.2) is 50.3 Å². The lowest BCUT2D eigenvalue weighted by Gasteiger charge is -2.30.